The van der Waals surface area contributed by atoms with Crippen LogP contribution < -0.4 is 0 Å². The molecule has 0 aliphatic rings. The molecule has 0 spiro atoms. The summed E-state index contributed by atoms with van der Waals surface area (Å²) in [6.07, 6.45) is -1.42. The maximum atomic E-state index is 13.3. The zero-order valence-electron chi connectivity index (χ0n) is 8.23. The second kappa shape index (κ2) is 4.33. The number of carboxylic acid groups (broad SMARTS) is 1. The normalized spacial score (nSPS) is 11.6. The molecule has 0 aliphatic carbocycles. The van der Waals surface area contributed by atoms with Crippen molar-refractivity contribution in [3.05, 3.63) is 34.1 Å². The summed E-state index contributed by atoms with van der Waals surface area (Å²) in [5.41, 5.74) is -0.681. The van der Waals surface area contributed by atoms with Gasteiger partial charge in [0.2, 0.25) is 0 Å². The number of aryl methyl sites for hydroxylation is 1. The number of hydrogen-bond donors (Lipinski definition) is 1. The predicted molar refractivity (Wildman–Crippen MR) is 52.3 cm³/mol. The summed E-state index contributed by atoms with van der Waals surface area (Å²) in [6.45, 7) is 1.38. The lowest BCUT2D eigenvalue weighted by atomic mass is 10.0. The lowest BCUT2D eigenvalue weighted by molar-refractivity contribution is -0.145. The summed E-state index contributed by atoms with van der Waals surface area (Å²) < 4.78 is 39.8. The number of rotatable bonds is 3. The van der Waals surface area contributed by atoms with Crippen molar-refractivity contribution in [3.63, 3.8) is 0 Å². The lowest BCUT2D eigenvalue weighted by Crippen LogP contribution is -2.19. The number of alkyl halides is 2. The molecule has 0 radical (unpaired) electrons. The fourth-order valence-corrected chi connectivity index (χ4v) is 1.57. The predicted octanol–water partition coefficient (Wildman–Crippen LogP) is 3.35. The van der Waals surface area contributed by atoms with Gasteiger partial charge in [0.25, 0.3) is 5.92 Å². The summed E-state index contributed by atoms with van der Waals surface area (Å²) in [4.78, 5) is 10.2. The van der Waals surface area contributed by atoms with Gasteiger partial charge in [0, 0.05) is 5.56 Å². The Morgan fingerprint density at radius 1 is 1.50 bits per heavy atom. The van der Waals surface area contributed by atoms with Gasteiger partial charge in [-0.05, 0) is 24.6 Å². The van der Waals surface area contributed by atoms with Crippen LogP contribution in [0.4, 0.5) is 13.2 Å². The summed E-state index contributed by atoms with van der Waals surface area (Å²) in [5, 5.41) is 7.97. The quantitative estimate of drug-likeness (QED) is 0.896. The maximum absolute atomic E-state index is 13.3. The first-order valence-electron chi connectivity index (χ1n) is 4.30. The third kappa shape index (κ3) is 2.66. The van der Waals surface area contributed by atoms with Crippen molar-refractivity contribution in [1.82, 2.24) is 0 Å². The molecule has 88 valence electrons. The van der Waals surface area contributed by atoms with Gasteiger partial charge in [-0.3, -0.25) is 4.79 Å². The van der Waals surface area contributed by atoms with E-state index in [1.54, 1.807) is 0 Å². The van der Waals surface area contributed by atoms with Gasteiger partial charge in [-0.1, -0.05) is 11.6 Å². The molecular weight excluding hydrogens is 245 g/mol. The fourth-order valence-electron chi connectivity index (χ4n) is 1.21. The van der Waals surface area contributed by atoms with Crippen LogP contribution in [0, 0.1) is 12.7 Å². The molecule has 0 heterocycles. The summed E-state index contributed by atoms with van der Waals surface area (Å²) in [5.74, 6) is -6.20. The molecular formula is C10H8ClF3O2. The second-order valence-corrected chi connectivity index (χ2v) is 3.76. The van der Waals surface area contributed by atoms with Crippen molar-refractivity contribution in [2.75, 3.05) is 0 Å². The molecule has 0 unspecified atom stereocenters. The minimum atomic E-state index is -3.68. The minimum absolute atomic E-state index is 0.125. The molecule has 1 aromatic rings. The third-order valence-corrected chi connectivity index (χ3v) is 2.33. The van der Waals surface area contributed by atoms with E-state index in [9.17, 15) is 18.0 Å². The van der Waals surface area contributed by atoms with Crippen LogP contribution in [-0.4, -0.2) is 11.1 Å². The van der Waals surface area contributed by atoms with E-state index in [-0.39, 0.29) is 10.6 Å². The van der Waals surface area contributed by atoms with Crippen LogP contribution in [0.3, 0.4) is 0 Å². The Labute approximate surface area is 94.6 Å². The van der Waals surface area contributed by atoms with Gasteiger partial charge >= 0.3 is 5.97 Å². The average molecular weight is 253 g/mol. The minimum Gasteiger partial charge on any atom is -0.481 e. The van der Waals surface area contributed by atoms with Crippen LogP contribution in [0.2, 0.25) is 5.02 Å². The van der Waals surface area contributed by atoms with Crippen LogP contribution in [0.15, 0.2) is 12.1 Å². The Hall–Kier alpha value is -1.23. The largest absolute Gasteiger partial charge is 0.481 e. The molecule has 0 aromatic heterocycles. The van der Waals surface area contributed by atoms with Crippen LogP contribution >= 0.6 is 11.6 Å². The van der Waals surface area contributed by atoms with Crippen LogP contribution in [0.5, 0.6) is 0 Å². The molecule has 2 nitrogen and oxygen atoms in total. The fraction of sp³-hybridized carbons (Fsp3) is 0.300. The zero-order valence-corrected chi connectivity index (χ0v) is 8.99. The Morgan fingerprint density at radius 2 is 2.06 bits per heavy atom. The van der Waals surface area contributed by atoms with Crippen LogP contribution in [0.25, 0.3) is 0 Å². The highest BCUT2D eigenvalue weighted by molar-refractivity contribution is 6.31. The van der Waals surface area contributed by atoms with Crippen molar-refractivity contribution >= 4 is 17.6 Å². The average Bonchev–Trinajstić information content (AvgIpc) is 2.08. The van der Waals surface area contributed by atoms with E-state index in [1.165, 1.54) is 6.92 Å². The van der Waals surface area contributed by atoms with E-state index in [0.29, 0.717) is 6.07 Å². The lowest BCUT2D eigenvalue weighted by Gasteiger charge is -2.16. The molecule has 1 rings (SSSR count). The van der Waals surface area contributed by atoms with E-state index >= 15 is 0 Å². The van der Waals surface area contributed by atoms with Crippen LogP contribution in [0.1, 0.15) is 17.5 Å². The van der Waals surface area contributed by atoms with Crippen molar-refractivity contribution in [3.8, 4) is 0 Å². The summed E-state index contributed by atoms with van der Waals surface area (Å²) >= 11 is 5.53. The molecule has 0 fully saturated rings. The summed E-state index contributed by atoms with van der Waals surface area (Å²) in [6, 6.07) is 1.61. The van der Waals surface area contributed by atoms with Gasteiger partial charge in [-0.15, -0.1) is 0 Å². The molecule has 1 N–H and O–H groups in total. The van der Waals surface area contributed by atoms with Gasteiger partial charge in [0.1, 0.15) is 12.2 Å². The van der Waals surface area contributed by atoms with E-state index < -0.39 is 29.7 Å². The number of carbonyl (C=O) groups is 1. The van der Waals surface area contributed by atoms with E-state index in [4.69, 9.17) is 16.7 Å². The summed E-state index contributed by atoms with van der Waals surface area (Å²) in [7, 11) is 0. The Balaban J connectivity index is 3.22. The Morgan fingerprint density at radius 3 is 2.56 bits per heavy atom. The molecule has 0 aliphatic heterocycles. The van der Waals surface area contributed by atoms with Gasteiger partial charge < -0.3 is 5.11 Å². The number of hydrogen-bond acceptors (Lipinski definition) is 1. The number of aliphatic carboxylic acids is 1. The highest BCUT2D eigenvalue weighted by Crippen LogP contribution is 2.37. The molecule has 0 atom stereocenters. The van der Waals surface area contributed by atoms with E-state index in [1.807, 2.05) is 0 Å². The molecule has 6 heteroatoms. The molecule has 0 amide bonds. The highest BCUT2D eigenvalue weighted by Gasteiger charge is 2.37. The third-order valence-electron chi connectivity index (χ3n) is 2.02. The number of benzene rings is 1. The van der Waals surface area contributed by atoms with Gasteiger partial charge in [-0.2, -0.15) is 0 Å². The van der Waals surface area contributed by atoms with E-state index in [0.717, 1.165) is 6.07 Å². The van der Waals surface area contributed by atoms with E-state index in [2.05, 4.69) is 0 Å². The maximum Gasteiger partial charge on any atom is 0.309 e. The molecule has 1 aromatic carbocycles. The number of halogens is 4. The molecule has 16 heavy (non-hydrogen) atoms. The SMILES string of the molecule is Cc1cc(Cl)c(C(F)(F)CC(=O)O)cc1F. The standard InChI is InChI=1S/C10H8ClF3O2/c1-5-2-7(11)6(3-8(5)12)10(13,14)4-9(15)16/h2-3H,4H2,1H3,(H,15,16). The van der Waals surface area contributed by atoms with Gasteiger partial charge in [0.15, 0.2) is 0 Å². The molecule has 0 saturated carbocycles. The first kappa shape index (κ1) is 12.8. The first-order valence-corrected chi connectivity index (χ1v) is 4.67. The van der Waals surface area contributed by atoms with Crippen molar-refractivity contribution in [2.24, 2.45) is 0 Å². The smallest absolute Gasteiger partial charge is 0.309 e. The van der Waals surface area contributed by atoms with Crippen molar-refractivity contribution in [2.45, 2.75) is 19.3 Å². The zero-order chi connectivity index (χ0) is 12.5. The highest BCUT2D eigenvalue weighted by atomic mass is 35.5. The Bertz CT molecular complexity index is 432. The molecule has 0 saturated heterocycles. The number of carboxylic acids is 1. The molecule has 0 bridgehead atoms. The van der Waals surface area contributed by atoms with Crippen molar-refractivity contribution < 1.29 is 23.1 Å². The second-order valence-electron chi connectivity index (χ2n) is 3.36. The monoisotopic (exact) mass is 252 g/mol. The topological polar surface area (TPSA) is 37.3 Å². The first-order chi connectivity index (χ1) is 7.24. The van der Waals surface area contributed by atoms with Crippen molar-refractivity contribution in [1.29, 1.82) is 0 Å². The van der Waals surface area contributed by atoms with Gasteiger partial charge in [0.05, 0.1) is 5.02 Å². The van der Waals surface area contributed by atoms with Gasteiger partial charge in [-0.25, -0.2) is 13.2 Å². The van der Waals surface area contributed by atoms with Crippen LogP contribution in [-0.2, 0) is 10.7 Å². The Kier molecular flexibility index (Phi) is 3.48.